The summed E-state index contributed by atoms with van der Waals surface area (Å²) in [6.07, 6.45) is 0.829. The van der Waals surface area contributed by atoms with Gasteiger partial charge in [0.25, 0.3) is 5.91 Å². The molecule has 0 radical (unpaired) electrons. The standard InChI is InChI=1S/C16H19N3O2/c1-11-6-7-13(12(2)10-11)16(3)14(20)19(15(21)18-16)9-5-4-8-17/h6-7,10H,4-5,9H2,1-3H3,(H,18,21). The molecule has 0 bridgehead atoms. The summed E-state index contributed by atoms with van der Waals surface area (Å²) in [4.78, 5) is 25.9. The van der Waals surface area contributed by atoms with Crippen LogP contribution in [0.3, 0.4) is 0 Å². The first kappa shape index (κ1) is 15.0. The summed E-state index contributed by atoms with van der Waals surface area (Å²) < 4.78 is 0. The molecule has 1 unspecified atom stereocenters. The van der Waals surface area contributed by atoms with E-state index in [0.29, 0.717) is 12.8 Å². The number of carbonyl (C=O) groups excluding carboxylic acids is 2. The fourth-order valence-electron chi connectivity index (χ4n) is 2.77. The van der Waals surface area contributed by atoms with Gasteiger partial charge in [0.1, 0.15) is 5.54 Å². The van der Waals surface area contributed by atoms with E-state index in [0.717, 1.165) is 16.7 Å². The zero-order valence-electron chi connectivity index (χ0n) is 12.6. The molecule has 0 aromatic heterocycles. The third kappa shape index (κ3) is 2.62. The minimum Gasteiger partial charge on any atom is -0.319 e. The zero-order valence-corrected chi connectivity index (χ0v) is 12.6. The number of nitriles is 1. The van der Waals surface area contributed by atoms with Gasteiger partial charge in [-0.2, -0.15) is 5.26 Å². The average Bonchev–Trinajstić information content (AvgIpc) is 2.62. The van der Waals surface area contributed by atoms with Crippen LogP contribution in [0.2, 0.25) is 0 Å². The first-order valence-electron chi connectivity index (χ1n) is 6.99. The fraction of sp³-hybridized carbons (Fsp3) is 0.438. The second-order valence-electron chi connectivity index (χ2n) is 5.59. The predicted molar refractivity (Wildman–Crippen MR) is 78.4 cm³/mol. The summed E-state index contributed by atoms with van der Waals surface area (Å²) in [6.45, 7) is 5.93. The lowest BCUT2D eigenvalue weighted by atomic mass is 9.87. The number of nitrogens with zero attached hydrogens (tertiary/aromatic N) is 2. The minimum absolute atomic E-state index is 0.252. The van der Waals surface area contributed by atoms with Crippen LogP contribution >= 0.6 is 0 Å². The maximum Gasteiger partial charge on any atom is 0.325 e. The van der Waals surface area contributed by atoms with Gasteiger partial charge in [0.15, 0.2) is 0 Å². The molecule has 110 valence electrons. The summed E-state index contributed by atoms with van der Waals surface area (Å²) in [7, 11) is 0. The van der Waals surface area contributed by atoms with E-state index in [1.807, 2.05) is 38.1 Å². The van der Waals surface area contributed by atoms with Crippen LogP contribution in [-0.2, 0) is 10.3 Å². The van der Waals surface area contributed by atoms with E-state index in [4.69, 9.17) is 5.26 Å². The number of benzene rings is 1. The van der Waals surface area contributed by atoms with Crippen molar-refractivity contribution in [2.75, 3.05) is 6.54 Å². The highest BCUT2D eigenvalue weighted by atomic mass is 16.2. The van der Waals surface area contributed by atoms with Gasteiger partial charge in [-0.15, -0.1) is 0 Å². The van der Waals surface area contributed by atoms with Crippen molar-refractivity contribution in [1.82, 2.24) is 10.2 Å². The van der Waals surface area contributed by atoms with Gasteiger partial charge < -0.3 is 5.32 Å². The van der Waals surface area contributed by atoms with Gasteiger partial charge in [-0.1, -0.05) is 23.8 Å². The van der Waals surface area contributed by atoms with Crippen molar-refractivity contribution < 1.29 is 9.59 Å². The Bertz CT molecular complexity index is 633. The first-order valence-corrected chi connectivity index (χ1v) is 6.99. The Morgan fingerprint density at radius 2 is 2.05 bits per heavy atom. The number of urea groups is 1. The van der Waals surface area contributed by atoms with E-state index in [1.165, 1.54) is 4.90 Å². The number of aryl methyl sites for hydroxylation is 2. The van der Waals surface area contributed by atoms with Crippen molar-refractivity contribution in [1.29, 1.82) is 5.26 Å². The minimum atomic E-state index is -1.03. The van der Waals surface area contributed by atoms with Crippen LogP contribution in [0, 0.1) is 25.2 Å². The summed E-state index contributed by atoms with van der Waals surface area (Å²) in [5, 5.41) is 11.3. The van der Waals surface area contributed by atoms with E-state index in [-0.39, 0.29) is 18.5 Å². The number of hydrogen-bond acceptors (Lipinski definition) is 3. The molecule has 1 atom stereocenters. The fourth-order valence-corrected chi connectivity index (χ4v) is 2.77. The number of rotatable bonds is 4. The lowest BCUT2D eigenvalue weighted by Crippen LogP contribution is -2.41. The number of unbranched alkanes of at least 4 members (excludes halogenated alkanes) is 1. The molecule has 1 aliphatic rings. The molecule has 1 saturated heterocycles. The number of hydrogen-bond donors (Lipinski definition) is 1. The van der Waals surface area contributed by atoms with E-state index in [1.54, 1.807) is 6.92 Å². The summed E-state index contributed by atoms with van der Waals surface area (Å²) >= 11 is 0. The van der Waals surface area contributed by atoms with Crippen LogP contribution in [0.4, 0.5) is 4.79 Å². The molecule has 21 heavy (non-hydrogen) atoms. The van der Waals surface area contributed by atoms with Crippen LogP contribution in [-0.4, -0.2) is 23.4 Å². The molecule has 5 heteroatoms. The second kappa shape index (κ2) is 5.57. The van der Waals surface area contributed by atoms with Crippen molar-refractivity contribution in [3.63, 3.8) is 0 Å². The third-order valence-electron chi connectivity index (χ3n) is 3.87. The lowest BCUT2D eigenvalue weighted by Gasteiger charge is -2.24. The highest BCUT2D eigenvalue weighted by Crippen LogP contribution is 2.31. The molecule has 1 fully saturated rings. The molecule has 2 rings (SSSR count). The SMILES string of the molecule is Cc1ccc(C2(C)NC(=O)N(CCCC#N)C2=O)c(C)c1. The average molecular weight is 285 g/mol. The second-order valence-corrected chi connectivity index (χ2v) is 5.59. The molecule has 1 aliphatic heterocycles. The van der Waals surface area contributed by atoms with Crippen molar-refractivity contribution in [2.45, 2.75) is 39.2 Å². The van der Waals surface area contributed by atoms with E-state index < -0.39 is 5.54 Å². The summed E-state index contributed by atoms with van der Waals surface area (Å²) in [5.74, 6) is -0.252. The van der Waals surface area contributed by atoms with Crippen LogP contribution in [0.15, 0.2) is 18.2 Å². The first-order chi connectivity index (χ1) is 9.90. The van der Waals surface area contributed by atoms with Crippen LogP contribution in [0.5, 0.6) is 0 Å². The van der Waals surface area contributed by atoms with Crippen molar-refractivity contribution in [3.8, 4) is 6.07 Å². The molecular formula is C16H19N3O2. The Balaban J connectivity index is 2.29. The monoisotopic (exact) mass is 285 g/mol. The summed E-state index contributed by atoms with van der Waals surface area (Å²) in [5.41, 5.74) is 1.88. The number of amides is 3. The Kier molecular flexibility index (Phi) is 3.99. The number of nitrogens with one attached hydrogen (secondary N) is 1. The summed E-state index contributed by atoms with van der Waals surface area (Å²) in [6, 6.07) is 7.46. The molecule has 0 aliphatic carbocycles. The molecule has 5 nitrogen and oxygen atoms in total. The largest absolute Gasteiger partial charge is 0.325 e. The van der Waals surface area contributed by atoms with Gasteiger partial charge in [0, 0.05) is 13.0 Å². The smallest absolute Gasteiger partial charge is 0.319 e. The molecular weight excluding hydrogens is 266 g/mol. The van der Waals surface area contributed by atoms with Gasteiger partial charge in [0.2, 0.25) is 0 Å². The van der Waals surface area contributed by atoms with Crippen LogP contribution in [0.1, 0.15) is 36.5 Å². The van der Waals surface area contributed by atoms with Gasteiger partial charge >= 0.3 is 6.03 Å². The zero-order chi connectivity index (χ0) is 15.6. The lowest BCUT2D eigenvalue weighted by molar-refractivity contribution is -0.131. The number of carbonyl (C=O) groups is 2. The van der Waals surface area contributed by atoms with E-state index in [9.17, 15) is 9.59 Å². The Morgan fingerprint density at radius 1 is 1.33 bits per heavy atom. The number of imide groups is 1. The van der Waals surface area contributed by atoms with Gasteiger partial charge in [-0.05, 0) is 38.3 Å². The van der Waals surface area contributed by atoms with Gasteiger partial charge in [-0.25, -0.2) is 4.79 Å². The normalized spacial score (nSPS) is 21.3. The molecule has 0 saturated carbocycles. The molecule has 1 N–H and O–H groups in total. The molecule has 1 aromatic rings. The van der Waals surface area contributed by atoms with Crippen molar-refractivity contribution in [3.05, 3.63) is 34.9 Å². The quantitative estimate of drug-likeness (QED) is 0.682. The Morgan fingerprint density at radius 3 is 2.67 bits per heavy atom. The topological polar surface area (TPSA) is 73.2 Å². The van der Waals surface area contributed by atoms with Gasteiger partial charge in [0.05, 0.1) is 6.07 Å². The highest BCUT2D eigenvalue weighted by Gasteiger charge is 2.49. The predicted octanol–water partition coefficient (Wildman–Crippen LogP) is 2.37. The van der Waals surface area contributed by atoms with Crippen LogP contribution < -0.4 is 5.32 Å². The molecule has 1 heterocycles. The van der Waals surface area contributed by atoms with Gasteiger partial charge in [-0.3, -0.25) is 9.69 Å². The Hall–Kier alpha value is -2.35. The molecule has 1 aromatic carbocycles. The maximum atomic E-state index is 12.6. The van der Waals surface area contributed by atoms with Crippen LogP contribution in [0.25, 0.3) is 0 Å². The maximum absolute atomic E-state index is 12.6. The highest BCUT2D eigenvalue weighted by molar-refractivity contribution is 6.07. The van der Waals surface area contributed by atoms with Crippen molar-refractivity contribution >= 4 is 11.9 Å². The Labute approximate surface area is 124 Å². The molecule has 0 spiro atoms. The molecule has 3 amide bonds. The third-order valence-corrected chi connectivity index (χ3v) is 3.87. The van der Waals surface area contributed by atoms with E-state index in [2.05, 4.69) is 5.32 Å². The van der Waals surface area contributed by atoms with E-state index >= 15 is 0 Å². The van der Waals surface area contributed by atoms with Crippen molar-refractivity contribution in [2.24, 2.45) is 0 Å².